The molecule has 0 unspecified atom stereocenters. The third-order valence-corrected chi connectivity index (χ3v) is 3.59. The molecule has 0 atom stereocenters. The summed E-state index contributed by atoms with van der Waals surface area (Å²) in [4.78, 5) is 0. The van der Waals surface area contributed by atoms with Gasteiger partial charge in [-0.2, -0.15) is 0 Å². The molecule has 0 spiro atoms. The number of nitrogen functional groups attached to an aromatic ring is 1. The van der Waals surface area contributed by atoms with Gasteiger partial charge in [0.2, 0.25) is 0 Å². The van der Waals surface area contributed by atoms with E-state index in [1.54, 1.807) is 18.2 Å². The van der Waals surface area contributed by atoms with Crippen LogP contribution in [0.1, 0.15) is 5.56 Å². The van der Waals surface area contributed by atoms with Gasteiger partial charge in [-0.3, -0.25) is 0 Å². The van der Waals surface area contributed by atoms with Gasteiger partial charge in [0.25, 0.3) is 0 Å². The summed E-state index contributed by atoms with van der Waals surface area (Å²) in [5, 5.41) is 0. The van der Waals surface area contributed by atoms with Crippen LogP contribution in [0.3, 0.4) is 0 Å². The molecule has 100 valence electrons. The van der Waals surface area contributed by atoms with E-state index >= 15 is 0 Å². The lowest BCUT2D eigenvalue weighted by Crippen LogP contribution is -2.04. The number of anilines is 1. The van der Waals surface area contributed by atoms with Gasteiger partial charge < -0.3 is 10.5 Å². The summed E-state index contributed by atoms with van der Waals surface area (Å²) >= 11 is 6.27. The van der Waals surface area contributed by atoms with Crippen LogP contribution in [0, 0.1) is 11.6 Å². The highest BCUT2D eigenvalue weighted by Crippen LogP contribution is 2.28. The van der Waals surface area contributed by atoms with Crippen molar-refractivity contribution in [2.75, 3.05) is 5.73 Å². The van der Waals surface area contributed by atoms with Crippen molar-refractivity contribution in [1.82, 2.24) is 0 Å². The van der Waals surface area contributed by atoms with Crippen LogP contribution in [0.25, 0.3) is 0 Å². The van der Waals surface area contributed by atoms with Crippen molar-refractivity contribution in [3.05, 3.63) is 56.5 Å². The number of rotatable bonds is 3. The van der Waals surface area contributed by atoms with Crippen LogP contribution < -0.4 is 10.5 Å². The topological polar surface area (TPSA) is 35.2 Å². The van der Waals surface area contributed by atoms with Crippen LogP contribution in [0.2, 0.25) is 0 Å². The lowest BCUT2D eigenvalue weighted by molar-refractivity contribution is 0.293. The average Bonchev–Trinajstić information content (AvgIpc) is 2.36. The Labute approximate surface area is 125 Å². The molecule has 0 fully saturated rings. The molecule has 2 nitrogen and oxygen atoms in total. The third kappa shape index (κ3) is 3.25. The SMILES string of the molecule is Nc1cc(Br)ccc1OCc1c(F)ccc(Br)c1F. The van der Waals surface area contributed by atoms with Crippen molar-refractivity contribution in [2.45, 2.75) is 6.61 Å². The maximum Gasteiger partial charge on any atom is 0.146 e. The molecule has 2 aromatic rings. The van der Waals surface area contributed by atoms with Gasteiger partial charge >= 0.3 is 0 Å². The van der Waals surface area contributed by atoms with Gasteiger partial charge in [-0.05, 0) is 46.3 Å². The van der Waals surface area contributed by atoms with Crippen LogP contribution in [0.15, 0.2) is 39.3 Å². The molecule has 0 aliphatic carbocycles. The quantitative estimate of drug-likeness (QED) is 0.609. The minimum Gasteiger partial charge on any atom is -0.487 e. The summed E-state index contributed by atoms with van der Waals surface area (Å²) in [6.45, 7) is -0.233. The molecule has 19 heavy (non-hydrogen) atoms. The number of halogens is 4. The minimum atomic E-state index is -0.671. The zero-order chi connectivity index (χ0) is 14.0. The fraction of sp³-hybridized carbons (Fsp3) is 0.0769. The van der Waals surface area contributed by atoms with Crippen LogP contribution in [0.5, 0.6) is 5.75 Å². The Kier molecular flexibility index (Phi) is 4.42. The Balaban J connectivity index is 2.21. The van der Waals surface area contributed by atoms with E-state index in [-0.39, 0.29) is 16.6 Å². The van der Waals surface area contributed by atoms with E-state index in [1.807, 2.05) is 0 Å². The molecule has 2 aromatic carbocycles. The summed E-state index contributed by atoms with van der Waals surface area (Å²) in [5.41, 5.74) is 5.99. The number of ether oxygens (including phenoxy) is 1. The largest absolute Gasteiger partial charge is 0.487 e. The highest BCUT2D eigenvalue weighted by Gasteiger charge is 2.13. The highest BCUT2D eigenvalue weighted by molar-refractivity contribution is 9.10. The maximum absolute atomic E-state index is 13.7. The first kappa shape index (κ1) is 14.3. The molecule has 0 saturated heterocycles. The second kappa shape index (κ2) is 5.88. The number of benzene rings is 2. The zero-order valence-corrected chi connectivity index (χ0v) is 12.8. The van der Waals surface area contributed by atoms with E-state index in [0.717, 1.165) is 4.47 Å². The van der Waals surface area contributed by atoms with Crippen molar-refractivity contribution in [2.24, 2.45) is 0 Å². The molecule has 0 saturated carbocycles. The van der Waals surface area contributed by atoms with E-state index < -0.39 is 11.6 Å². The first-order valence-corrected chi connectivity index (χ1v) is 6.88. The molecule has 0 aromatic heterocycles. The lowest BCUT2D eigenvalue weighted by atomic mass is 10.2. The predicted molar refractivity (Wildman–Crippen MR) is 76.9 cm³/mol. The van der Waals surface area contributed by atoms with Crippen molar-refractivity contribution >= 4 is 37.5 Å². The first-order valence-electron chi connectivity index (χ1n) is 5.29. The van der Waals surface area contributed by atoms with Crippen LogP contribution >= 0.6 is 31.9 Å². The van der Waals surface area contributed by atoms with Gasteiger partial charge in [-0.1, -0.05) is 15.9 Å². The van der Waals surface area contributed by atoms with Crippen molar-refractivity contribution in [3.63, 3.8) is 0 Å². The van der Waals surface area contributed by atoms with Gasteiger partial charge in [0.15, 0.2) is 0 Å². The van der Waals surface area contributed by atoms with Gasteiger partial charge in [0.1, 0.15) is 24.0 Å². The molecular formula is C13H9Br2F2NO. The van der Waals surface area contributed by atoms with Crippen molar-refractivity contribution in [1.29, 1.82) is 0 Å². The maximum atomic E-state index is 13.7. The van der Waals surface area contributed by atoms with E-state index in [2.05, 4.69) is 31.9 Å². The Bertz CT molecular complexity index is 620. The van der Waals surface area contributed by atoms with E-state index in [1.165, 1.54) is 12.1 Å². The van der Waals surface area contributed by atoms with Crippen LogP contribution in [0.4, 0.5) is 14.5 Å². The summed E-state index contributed by atoms with van der Waals surface area (Å²) < 4.78 is 33.6. The molecule has 0 bridgehead atoms. The monoisotopic (exact) mass is 391 g/mol. The normalized spacial score (nSPS) is 10.5. The third-order valence-electron chi connectivity index (χ3n) is 2.48. The Morgan fingerprint density at radius 3 is 2.53 bits per heavy atom. The average molecular weight is 393 g/mol. The molecule has 6 heteroatoms. The molecule has 0 amide bonds. The fourth-order valence-corrected chi connectivity index (χ4v) is 2.25. The number of nitrogens with two attached hydrogens (primary N) is 1. The van der Waals surface area contributed by atoms with Gasteiger partial charge in [-0.15, -0.1) is 0 Å². The summed E-state index contributed by atoms with van der Waals surface area (Å²) in [6, 6.07) is 7.51. The minimum absolute atomic E-state index is 0.142. The van der Waals surface area contributed by atoms with E-state index in [4.69, 9.17) is 10.5 Å². The Morgan fingerprint density at radius 1 is 1.11 bits per heavy atom. The Morgan fingerprint density at radius 2 is 1.84 bits per heavy atom. The smallest absolute Gasteiger partial charge is 0.146 e. The van der Waals surface area contributed by atoms with Gasteiger partial charge in [0, 0.05) is 4.47 Å². The number of hydrogen-bond donors (Lipinski definition) is 1. The fourth-order valence-electron chi connectivity index (χ4n) is 1.50. The van der Waals surface area contributed by atoms with Crippen LogP contribution in [-0.4, -0.2) is 0 Å². The molecule has 0 aliphatic heterocycles. The molecule has 0 aliphatic rings. The predicted octanol–water partition coefficient (Wildman–Crippen LogP) is 4.65. The van der Waals surface area contributed by atoms with Crippen molar-refractivity contribution < 1.29 is 13.5 Å². The second-order valence-electron chi connectivity index (χ2n) is 3.79. The summed E-state index contributed by atoms with van der Waals surface area (Å²) in [7, 11) is 0. The molecule has 0 heterocycles. The summed E-state index contributed by atoms with van der Waals surface area (Å²) in [6.07, 6.45) is 0. The van der Waals surface area contributed by atoms with Gasteiger partial charge in [-0.25, -0.2) is 8.78 Å². The summed E-state index contributed by atoms with van der Waals surface area (Å²) in [5.74, 6) is -0.950. The van der Waals surface area contributed by atoms with Crippen molar-refractivity contribution in [3.8, 4) is 5.75 Å². The second-order valence-corrected chi connectivity index (χ2v) is 5.56. The number of hydrogen-bond acceptors (Lipinski definition) is 2. The van der Waals surface area contributed by atoms with E-state index in [9.17, 15) is 8.78 Å². The molecule has 2 N–H and O–H groups in total. The molecule has 2 rings (SSSR count). The highest BCUT2D eigenvalue weighted by atomic mass is 79.9. The molecule has 0 radical (unpaired) electrons. The lowest BCUT2D eigenvalue weighted by Gasteiger charge is -2.11. The zero-order valence-electron chi connectivity index (χ0n) is 9.59. The standard InChI is InChI=1S/C13H9Br2F2NO/c14-7-1-4-12(11(18)5-7)19-6-8-10(16)3-2-9(15)13(8)17/h1-5H,6,18H2. The van der Waals surface area contributed by atoms with Gasteiger partial charge in [0.05, 0.1) is 15.7 Å². The molecular weight excluding hydrogens is 384 g/mol. The van der Waals surface area contributed by atoms with E-state index in [0.29, 0.717) is 11.4 Å². The Hall–Kier alpha value is -1.14. The first-order chi connectivity index (χ1) is 8.99. The van der Waals surface area contributed by atoms with Crippen LogP contribution in [-0.2, 0) is 6.61 Å².